The van der Waals surface area contributed by atoms with E-state index in [2.05, 4.69) is 0 Å². The summed E-state index contributed by atoms with van der Waals surface area (Å²) in [5.74, 6) is -0.0324. The van der Waals surface area contributed by atoms with Gasteiger partial charge in [-0.1, -0.05) is 19.3 Å². The molecule has 3 aliphatic rings. The molecule has 3 amide bonds. The van der Waals surface area contributed by atoms with Crippen molar-refractivity contribution in [3.63, 3.8) is 0 Å². The van der Waals surface area contributed by atoms with Gasteiger partial charge in [-0.05, 0) is 19.3 Å². The smallest absolute Gasteiger partial charge is 0.311 e. The highest BCUT2D eigenvalue weighted by atomic mass is 32.2. The first-order valence-electron chi connectivity index (χ1n) is 7.31. The summed E-state index contributed by atoms with van der Waals surface area (Å²) in [7, 11) is -3.04. The summed E-state index contributed by atoms with van der Waals surface area (Å²) in [5, 5.41) is 0. The summed E-state index contributed by atoms with van der Waals surface area (Å²) in [5.41, 5.74) is 0. The number of nitrogens with zero attached hydrogens (tertiary/aromatic N) is 2. The first kappa shape index (κ1) is 13.9. The van der Waals surface area contributed by atoms with Gasteiger partial charge in [-0.25, -0.2) is 13.2 Å². The molecular formula is C13H20N2O4S. The van der Waals surface area contributed by atoms with Crippen LogP contribution in [0, 0.1) is 0 Å². The molecule has 1 unspecified atom stereocenters. The van der Waals surface area contributed by atoms with E-state index in [0.29, 0.717) is 6.42 Å². The van der Waals surface area contributed by atoms with Gasteiger partial charge in [-0.15, -0.1) is 0 Å². The number of hydrogen-bond acceptors (Lipinski definition) is 4. The van der Waals surface area contributed by atoms with Crippen LogP contribution in [-0.4, -0.2) is 60.3 Å². The second-order valence-corrected chi connectivity index (χ2v) is 8.25. The largest absolute Gasteiger partial charge is 0.327 e. The van der Waals surface area contributed by atoms with Crippen molar-refractivity contribution in [2.24, 2.45) is 0 Å². The van der Waals surface area contributed by atoms with Gasteiger partial charge in [0.15, 0.2) is 9.84 Å². The lowest BCUT2D eigenvalue weighted by atomic mass is 9.94. The average Bonchev–Trinajstić information content (AvgIpc) is 2.90. The van der Waals surface area contributed by atoms with E-state index in [4.69, 9.17) is 0 Å². The number of amides is 3. The lowest BCUT2D eigenvalue weighted by molar-refractivity contribution is -0.127. The maximum Gasteiger partial charge on any atom is 0.327 e. The van der Waals surface area contributed by atoms with Gasteiger partial charge in [0.1, 0.15) is 6.54 Å². The number of urea groups is 1. The number of carbonyl (C=O) groups is 2. The SMILES string of the molecule is O=C1CN(C2CCS(=O)(=O)C2)C(=O)N1C1CCCCC1. The van der Waals surface area contributed by atoms with Crippen molar-refractivity contribution in [2.45, 2.75) is 50.6 Å². The Kier molecular flexibility index (Phi) is 3.48. The number of imide groups is 1. The van der Waals surface area contributed by atoms with E-state index in [1.54, 1.807) is 0 Å². The molecule has 0 bridgehead atoms. The van der Waals surface area contributed by atoms with Gasteiger partial charge in [0, 0.05) is 12.1 Å². The zero-order valence-corrected chi connectivity index (χ0v) is 12.3. The Hall–Kier alpha value is -1.11. The molecule has 1 aliphatic carbocycles. The van der Waals surface area contributed by atoms with Crippen LogP contribution < -0.4 is 0 Å². The topological polar surface area (TPSA) is 74.8 Å². The third-order valence-corrected chi connectivity index (χ3v) is 6.37. The van der Waals surface area contributed by atoms with Crippen LogP contribution in [-0.2, 0) is 14.6 Å². The van der Waals surface area contributed by atoms with E-state index < -0.39 is 9.84 Å². The summed E-state index contributed by atoms with van der Waals surface area (Å²) in [6.07, 6.45) is 5.50. The first-order chi connectivity index (χ1) is 9.48. The molecule has 0 radical (unpaired) electrons. The molecule has 7 heteroatoms. The maximum atomic E-state index is 12.4. The van der Waals surface area contributed by atoms with Crippen LogP contribution in [0.5, 0.6) is 0 Å². The number of rotatable bonds is 2. The molecule has 2 saturated heterocycles. The van der Waals surface area contributed by atoms with E-state index >= 15 is 0 Å². The quantitative estimate of drug-likeness (QED) is 0.706. The highest BCUT2D eigenvalue weighted by Gasteiger charge is 2.45. The van der Waals surface area contributed by atoms with Gasteiger partial charge in [0.05, 0.1) is 11.5 Å². The van der Waals surface area contributed by atoms with Gasteiger partial charge in [0.25, 0.3) is 5.91 Å². The van der Waals surface area contributed by atoms with Crippen LogP contribution in [0.25, 0.3) is 0 Å². The zero-order valence-electron chi connectivity index (χ0n) is 11.5. The molecule has 0 spiro atoms. The Morgan fingerprint density at radius 1 is 0.950 bits per heavy atom. The van der Waals surface area contributed by atoms with Crippen molar-refractivity contribution in [3.8, 4) is 0 Å². The lowest BCUT2D eigenvalue weighted by Crippen LogP contribution is -2.44. The van der Waals surface area contributed by atoms with Gasteiger partial charge in [0.2, 0.25) is 0 Å². The summed E-state index contributed by atoms with van der Waals surface area (Å²) < 4.78 is 23.1. The maximum absolute atomic E-state index is 12.4. The summed E-state index contributed by atoms with van der Waals surface area (Å²) in [6, 6.07) is -0.569. The fraction of sp³-hybridized carbons (Fsp3) is 0.846. The number of sulfone groups is 1. The van der Waals surface area contributed by atoms with Crippen molar-refractivity contribution in [1.82, 2.24) is 9.80 Å². The summed E-state index contributed by atoms with van der Waals surface area (Å²) >= 11 is 0. The summed E-state index contributed by atoms with van der Waals surface area (Å²) in [4.78, 5) is 27.4. The van der Waals surface area contributed by atoms with Gasteiger partial charge >= 0.3 is 6.03 Å². The van der Waals surface area contributed by atoms with E-state index in [1.165, 1.54) is 9.80 Å². The minimum absolute atomic E-state index is 0.00449. The zero-order chi connectivity index (χ0) is 14.3. The van der Waals surface area contributed by atoms with Crippen LogP contribution in [0.3, 0.4) is 0 Å². The van der Waals surface area contributed by atoms with Crippen molar-refractivity contribution in [1.29, 1.82) is 0 Å². The molecule has 3 fully saturated rings. The molecular weight excluding hydrogens is 280 g/mol. The minimum Gasteiger partial charge on any atom is -0.311 e. The molecule has 6 nitrogen and oxygen atoms in total. The van der Waals surface area contributed by atoms with E-state index in [-0.39, 0.29) is 42.1 Å². The van der Waals surface area contributed by atoms with Crippen LogP contribution in [0.1, 0.15) is 38.5 Å². The molecule has 112 valence electrons. The molecule has 1 saturated carbocycles. The van der Waals surface area contributed by atoms with Gasteiger partial charge in [-0.3, -0.25) is 9.69 Å². The Labute approximate surface area is 119 Å². The minimum atomic E-state index is -3.04. The molecule has 20 heavy (non-hydrogen) atoms. The summed E-state index contributed by atoms with van der Waals surface area (Å²) in [6.45, 7) is 0.0511. The molecule has 1 atom stereocenters. The van der Waals surface area contributed by atoms with Crippen LogP contribution in [0.4, 0.5) is 4.79 Å². The predicted octanol–water partition coefficient (Wildman–Crippen LogP) is 0.770. The van der Waals surface area contributed by atoms with E-state index in [9.17, 15) is 18.0 Å². The second-order valence-electron chi connectivity index (χ2n) is 6.02. The average molecular weight is 300 g/mol. The van der Waals surface area contributed by atoms with Crippen molar-refractivity contribution in [3.05, 3.63) is 0 Å². The standard InChI is InChI=1S/C13H20N2O4S/c16-12-8-14(11-6-7-20(18,19)9-11)13(17)15(12)10-4-2-1-3-5-10/h10-11H,1-9H2. The molecule has 2 heterocycles. The van der Waals surface area contributed by atoms with Crippen molar-refractivity contribution < 1.29 is 18.0 Å². The Morgan fingerprint density at radius 3 is 2.25 bits per heavy atom. The number of carbonyl (C=O) groups excluding carboxylic acids is 2. The van der Waals surface area contributed by atoms with Crippen LogP contribution >= 0.6 is 0 Å². The number of hydrogen-bond donors (Lipinski definition) is 0. The first-order valence-corrected chi connectivity index (χ1v) is 9.13. The molecule has 0 aromatic heterocycles. The van der Waals surface area contributed by atoms with Crippen LogP contribution in [0.2, 0.25) is 0 Å². The fourth-order valence-corrected chi connectivity index (χ4v) is 5.27. The predicted molar refractivity (Wildman–Crippen MR) is 72.9 cm³/mol. The molecule has 0 N–H and O–H groups in total. The lowest BCUT2D eigenvalue weighted by Gasteiger charge is -2.30. The van der Waals surface area contributed by atoms with E-state index in [0.717, 1.165) is 32.1 Å². The third kappa shape index (κ3) is 2.43. The van der Waals surface area contributed by atoms with Crippen molar-refractivity contribution >= 4 is 21.8 Å². The fourth-order valence-electron chi connectivity index (χ4n) is 3.54. The van der Waals surface area contributed by atoms with Gasteiger partial charge < -0.3 is 4.90 Å². The molecule has 2 aliphatic heterocycles. The second kappa shape index (κ2) is 5.02. The molecule has 3 rings (SSSR count). The monoisotopic (exact) mass is 300 g/mol. The van der Waals surface area contributed by atoms with Gasteiger partial charge in [-0.2, -0.15) is 0 Å². The highest BCUT2D eigenvalue weighted by molar-refractivity contribution is 7.91. The van der Waals surface area contributed by atoms with Crippen molar-refractivity contribution in [2.75, 3.05) is 18.1 Å². The normalized spacial score (nSPS) is 31.3. The molecule has 0 aromatic rings. The molecule has 0 aromatic carbocycles. The Bertz CT molecular complexity index is 524. The van der Waals surface area contributed by atoms with E-state index in [1.807, 2.05) is 0 Å². The third-order valence-electron chi connectivity index (χ3n) is 4.62. The highest BCUT2D eigenvalue weighted by Crippen LogP contribution is 2.29. The Balaban J connectivity index is 1.73. The Morgan fingerprint density at radius 2 is 1.65 bits per heavy atom. The van der Waals surface area contributed by atoms with Crippen LogP contribution in [0.15, 0.2) is 0 Å².